The molecule has 0 aromatic carbocycles. The number of hydrogen-bond donors (Lipinski definition) is 1. The number of nitrogens with one attached hydrogen (secondary N) is 1. The van der Waals surface area contributed by atoms with Crippen molar-refractivity contribution in [3.05, 3.63) is 23.8 Å². The Morgan fingerprint density at radius 2 is 2.33 bits per heavy atom. The molecule has 3 heteroatoms. The minimum Gasteiger partial charge on any atom is -0.342 e. The summed E-state index contributed by atoms with van der Waals surface area (Å²) in [5, 5.41) is 2.65. The largest absolute Gasteiger partial charge is 0.342 e. The van der Waals surface area contributed by atoms with Gasteiger partial charge in [0.2, 0.25) is 0 Å². The summed E-state index contributed by atoms with van der Waals surface area (Å²) in [6.07, 6.45) is 5.31. The van der Waals surface area contributed by atoms with Crippen molar-refractivity contribution in [3.8, 4) is 0 Å². The second kappa shape index (κ2) is 3.34. The van der Waals surface area contributed by atoms with Crippen LogP contribution in [0.5, 0.6) is 0 Å². The first-order valence-corrected chi connectivity index (χ1v) is 3.81. The number of hydrogen-bond acceptors (Lipinski definition) is 2. The molecule has 3 nitrogen and oxygen atoms in total. The van der Waals surface area contributed by atoms with E-state index in [2.05, 4.69) is 5.32 Å². The maximum atomic E-state index is 11.1. The third-order valence-electron chi connectivity index (χ3n) is 1.67. The van der Waals surface area contributed by atoms with E-state index >= 15 is 0 Å². The number of carbonyl (C=O) groups is 2. The lowest BCUT2D eigenvalue weighted by Gasteiger charge is -1.99. The van der Waals surface area contributed by atoms with Crippen molar-refractivity contribution in [2.45, 2.75) is 19.9 Å². The predicted molar refractivity (Wildman–Crippen MR) is 45.5 cm³/mol. The molecule has 0 aromatic heterocycles. The Labute approximate surface area is 71.1 Å². The van der Waals surface area contributed by atoms with Gasteiger partial charge in [-0.15, -0.1) is 0 Å². The lowest BCUT2D eigenvalue weighted by Crippen LogP contribution is -2.26. The van der Waals surface area contributed by atoms with Crippen LogP contribution < -0.4 is 5.32 Å². The molecule has 0 bridgehead atoms. The van der Waals surface area contributed by atoms with E-state index in [0.717, 1.165) is 0 Å². The smallest absolute Gasteiger partial charge is 0.255 e. The SMILES string of the molecule is CC=CC1C=C(C(C)=O)C(=O)N1. The molecule has 1 rings (SSSR count). The molecule has 1 amide bonds. The maximum absolute atomic E-state index is 11.1. The van der Waals surface area contributed by atoms with Crippen molar-refractivity contribution < 1.29 is 9.59 Å². The highest BCUT2D eigenvalue weighted by Crippen LogP contribution is 2.08. The van der Waals surface area contributed by atoms with Gasteiger partial charge in [0, 0.05) is 0 Å². The molecule has 0 aromatic rings. The van der Waals surface area contributed by atoms with Gasteiger partial charge in [0.15, 0.2) is 5.78 Å². The Bertz CT molecular complexity index is 276. The normalized spacial score (nSPS) is 22.7. The second-order valence-corrected chi connectivity index (χ2v) is 2.66. The zero-order valence-electron chi connectivity index (χ0n) is 7.13. The first-order chi connectivity index (χ1) is 5.65. The highest BCUT2D eigenvalue weighted by molar-refractivity contribution is 6.20. The minimum absolute atomic E-state index is 0.110. The summed E-state index contributed by atoms with van der Waals surface area (Å²) in [7, 11) is 0. The van der Waals surface area contributed by atoms with E-state index in [-0.39, 0.29) is 23.3 Å². The van der Waals surface area contributed by atoms with E-state index in [9.17, 15) is 9.59 Å². The van der Waals surface area contributed by atoms with Gasteiger partial charge in [0.05, 0.1) is 11.6 Å². The summed E-state index contributed by atoms with van der Waals surface area (Å²) in [5.41, 5.74) is 0.262. The third-order valence-corrected chi connectivity index (χ3v) is 1.67. The molecule has 0 spiro atoms. The minimum atomic E-state index is -0.273. The summed E-state index contributed by atoms with van der Waals surface area (Å²) in [5.74, 6) is -0.454. The van der Waals surface area contributed by atoms with E-state index in [1.54, 1.807) is 6.08 Å². The van der Waals surface area contributed by atoms with Crippen LogP contribution >= 0.6 is 0 Å². The van der Waals surface area contributed by atoms with Crippen LogP contribution in [0.15, 0.2) is 23.8 Å². The molecule has 0 radical (unpaired) electrons. The van der Waals surface area contributed by atoms with Crippen LogP contribution in [0.2, 0.25) is 0 Å². The van der Waals surface area contributed by atoms with Crippen LogP contribution in [0.1, 0.15) is 13.8 Å². The number of carbonyl (C=O) groups excluding carboxylic acids is 2. The van der Waals surface area contributed by atoms with Crippen molar-refractivity contribution in [1.82, 2.24) is 5.32 Å². The van der Waals surface area contributed by atoms with Crippen molar-refractivity contribution in [3.63, 3.8) is 0 Å². The molecule has 1 N–H and O–H groups in total. The van der Waals surface area contributed by atoms with Crippen LogP contribution in [0.3, 0.4) is 0 Å². The quantitative estimate of drug-likeness (QED) is 0.480. The van der Waals surface area contributed by atoms with Crippen LogP contribution in [0.25, 0.3) is 0 Å². The highest BCUT2D eigenvalue weighted by atomic mass is 16.2. The van der Waals surface area contributed by atoms with Gasteiger partial charge in [0.25, 0.3) is 5.91 Å². The van der Waals surface area contributed by atoms with E-state index in [0.29, 0.717) is 0 Å². The van der Waals surface area contributed by atoms with Crippen molar-refractivity contribution in [2.24, 2.45) is 0 Å². The number of amides is 1. The second-order valence-electron chi connectivity index (χ2n) is 2.66. The number of rotatable bonds is 2. The molecule has 1 aliphatic rings. The number of allylic oxidation sites excluding steroid dienone is 1. The van der Waals surface area contributed by atoms with Crippen LogP contribution in [-0.2, 0) is 9.59 Å². The Morgan fingerprint density at radius 3 is 2.75 bits per heavy atom. The predicted octanol–water partition coefficient (Wildman–Crippen LogP) is 0.576. The van der Waals surface area contributed by atoms with Crippen molar-refractivity contribution >= 4 is 11.7 Å². The van der Waals surface area contributed by atoms with Gasteiger partial charge in [0.1, 0.15) is 0 Å². The maximum Gasteiger partial charge on any atom is 0.255 e. The zero-order valence-corrected chi connectivity index (χ0v) is 7.13. The molecular formula is C9H11NO2. The molecule has 0 saturated heterocycles. The molecule has 1 heterocycles. The van der Waals surface area contributed by atoms with Gasteiger partial charge in [-0.25, -0.2) is 0 Å². The van der Waals surface area contributed by atoms with Gasteiger partial charge in [-0.05, 0) is 19.9 Å². The Hall–Kier alpha value is -1.38. The van der Waals surface area contributed by atoms with Crippen molar-refractivity contribution in [2.75, 3.05) is 0 Å². The van der Waals surface area contributed by atoms with Crippen molar-refractivity contribution in [1.29, 1.82) is 0 Å². The lowest BCUT2D eigenvalue weighted by atomic mass is 10.2. The first kappa shape index (κ1) is 8.71. The standard InChI is InChI=1S/C9H11NO2/c1-3-4-7-5-8(6(2)11)9(12)10-7/h3-5,7H,1-2H3,(H,10,12). The third kappa shape index (κ3) is 1.61. The monoisotopic (exact) mass is 165 g/mol. The Kier molecular flexibility index (Phi) is 2.43. The molecule has 12 heavy (non-hydrogen) atoms. The lowest BCUT2D eigenvalue weighted by molar-refractivity contribution is -0.121. The van der Waals surface area contributed by atoms with E-state index in [4.69, 9.17) is 0 Å². The fourth-order valence-corrected chi connectivity index (χ4v) is 1.11. The van der Waals surface area contributed by atoms with Crippen LogP contribution in [-0.4, -0.2) is 17.7 Å². The van der Waals surface area contributed by atoms with Gasteiger partial charge >= 0.3 is 0 Å². The first-order valence-electron chi connectivity index (χ1n) is 3.81. The van der Waals surface area contributed by atoms with E-state index in [1.807, 2.05) is 19.1 Å². The topological polar surface area (TPSA) is 46.2 Å². The molecular weight excluding hydrogens is 154 g/mol. The van der Waals surface area contributed by atoms with Gasteiger partial charge in [-0.1, -0.05) is 12.2 Å². The van der Waals surface area contributed by atoms with E-state index < -0.39 is 0 Å². The molecule has 0 saturated carbocycles. The van der Waals surface area contributed by atoms with Crippen LogP contribution in [0.4, 0.5) is 0 Å². The average molecular weight is 165 g/mol. The number of ketones is 1. The molecule has 1 aliphatic heterocycles. The molecule has 0 fully saturated rings. The fraction of sp³-hybridized carbons (Fsp3) is 0.333. The molecule has 0 aliphatic carbocycles. The zero-order chi connectivity index (χ0) is 9.14. The summed E-state index contributed by atoms with van der Waals surface area (Å²) in [6.45, 7) is 3.26. The Morgan fingerprint density at radius 1 is 1.67 bits per heavy atom. The Balaban J connectivity index is 2.81. The average Bonchev–Trinajstić information content (AvgIpc) is 2.32. The molecule has 1 atom stereocenters. The molecule has 1 unspecified atom stereocenters. The van der Waals surface area contributed by atoms with Crippen LogP contribution in [0, 0.1) is 0 Å². The summed E-state index contributed by atoms with van der Waals surface area (Å²) < 4.78 is 0. The van der Waals surface area contributed by atoms with Gasteiger partial charge in [-0.3, -0.25) is 9.59 Å². The van der Waals surface area contributed by atoms with E-state index in [1.165, 1.54) is 6.92 Å². The summed E-state index contributed by atoms with van der Waals surface area (Å²) >= 11 is 0. The number of Topliss-reactive ketones (excluding diaryl/α,β-unsaturated/α-hetero) is 1. The summed E-state index contributed by atoms with van der Waals surface area (Å²) in [4.78, 5) is 21.9. The fourth-order valence-electron chi connectivity index (χ4n) is 1.11. The highest BCUT2D eigenvalue weighted by Gasteiger charge is 2.23. The van der Waals surface area contributed by atoms with Gasteiger partial charge < -0.3 is 5.32 Å². The molecule has 64 valence electrons. The summed E-state index contributed by atoms with van der Waals surface area (Å²) in [6, 6.07) is -0.110. The van der Waals surface area contributed by atoms with Gasteiger partial charge in [-0.2, -0.15) is 0 Å².